The fraction of sp³-hybridized carbons (Fsp3) is 1.00. The summed E-state index contributed by atoms with van der Waals surface area (Å²) in [5.41, 5.74) is 0. The zero-order valence-corrected chi connectivity index (χ0v) is 10.1. The lowest BCUT2D eigenvalue weighted by molar-refractivity contribution is 0.122. The van der Waals surface area contributed by atoms with Crippen LogP contribution in [0.1, 0.15) is 20.3 Å². The van der Waals surface area contributed by atoms with Gasteiger partial charge in [-0.05, 0) is 26.8 Å². The van der Waals surface area contributed by atoms with Gasteiger partial charge in [0, 0.05) is 25.7 Å². The van der Waals surface area contributed by atoms with E-state index < -0.39 is 0 Å². The summed E-state index contributed by atoms with van der Waals surface area (Å²) < 4.78 is 5.04. The minimum atomic E-state index is 0.0760. The Bertz CT molecular complexity index is 176. The lowest BCUT2D eigenvalue weighted by atomic mass is 10.2. The molecule has 0 bridgehead atoms. The highest BCUT2D eigenvalue weighted by atomic mass is 16.5. The Morgan fingerprint density at radius 1 is 1.53 bits per heavy atom. The van der Waals surface area contributed by atoms with Crippen molar-refractivity contribution >= 4 is 0 Å². The normalized spacial score (nSPS) is 25.0. The highest BCUT2D eigenvalue weighted by Crippen LogP contribution is 2.12. The summed E-state index contributed by atoms with van der Waals surface area (Å²) in [5, 5.41) is 12.6. The first-order valence-corrected chi connectivity index (χ1v) is 5.77. The highest BCUT2D eigenvalue weighted by Gasteiger charge is 2.25. The Morgan fingerprint density at radius 3 is 2.73 bits per heavy atom. The van der Waals surface area contributed by atoms with Crippen LogP contribution in [0.4, 0.5) is 0 Å². The summed E-state index contributed by atoms with van der Waals surface area (Å²) in [6, 6.07) is 1.19. The molecule has 0 radical (unpaired) electrons. The predicted octanol–water partition coefficient (Wildman–Crippen LogP) is 0.0660. The Kier molecular flexibility index (Phi) is 5.53. The molecule has 0 amide bonds. The maximum absolute atomic E-state index is 9.14. The maximum Gasteiger partial charge on any atom is 0.0638 e. The number of likely N-dealkylation sites (tertiary alicyclic amines) is 1. The van der Waals surface area contributed by atoms with E-state index in [1.54, 1.807) is 7.11 Å². The van der Waals surface area contributed by atoms with Gasteiger partial charge in [0.15, 0.2) is 0 Å². The van der Waals surface area contributed by atoms with E-state index in [1.165, 1.54) is 6.42 Å². The third-order valence-corrected chi connectivity index (χ3v) is 3.01. The molecule has 1 aliphatic heterocycles. The number of hydrogen-bond donors (Lipinski definition) is 2. The fourth-order valence-electron chi connectivity index (χ4n) is 2.08. The molecular formula is C11H24N2O2. The first kappa shape index (κ1) is 12.9. The Labute approximate surface area is 92.6 Å². The molecule has 15 heavy (non-hydrogen) atoms. The standard InChI is InChI=1S/C11H24N2O2/c1-9(2)13-5-4-10(6-13)12-11(7-14)8-15-3/h9-12,14H,4-8H2,1-3H3. The van der Waals surface area contributed by atoms with E-state index >= 15 is 0 Å². The molecule has 1 aliphatic rings. The lowest BCUT2D eigenvalue weighted by Crippen LogP contribution is -2.45. The van der Waals surface area contributed by atoms with E-state index in [0.717, 1.165) is 13.1 Å². The van der Waals surface area contributed by atoms with Crippen LogP contribution in [-0.2, 0) is 4.74 Å². The number of nitrogens with zero attached hydrogens (tertiary/aromatic N) is 1. The molecule has 0 spiro atoms. The van der Waals surface area contributed by atoms with Crippen LogP contribution in [-0.4, -0.2) is 61.5 Å². The second kappa shape index (κ2) is 6.43. The molecule has 0 aromatic rings. The SMILES string of the molecule is COCC(CO)NC1CCN(C(C)C)C1. The van der Waals surface area contributed by atoms with Gasteiger partial charge in [-0.2, -0.15) is 0 Å². The molecular weight excluding hydrogens is 192 g/mol. The van der Waals surface area contributed by atoms with Gasteiger partial charge < -0.3 is 15.2 Å². The Balaban J connectivity index is 2.27. The molecule has 0 saturated carbocycles. The number of hydrogen-bond acceptors (Lipinski definition) is 4. The van der Waals surface area contributed by atoms with E-state index in [0.29, 0.717) is 18.7 Å². The molecule has 2 atom stereocenters. The molecule has 1 saturated heterocycles. The lowest BCUT2D eigenvalue weighted by Gasteiger charge is -2.23. The van der Waals surface area contributed by atoms with Crippen molar-refractivity contribution in [2.75, 3.05) is 33.4 Å². The van der Waals surface area contributed by atoms with Crippen LogP contribution < -0.4 is 5.32 Å². The van der Waals surface area contributed by atoms with Crippen molar-refractivity contribution in [2.24, 2.45) is 0 Å². The molecule has 1 rings (SSSR count). The fourth-order valence-corrected chi connectivity index (χ4v) is 2.08. The Hall–Kier alpha value is -0.160. The third-order valence-electron chi connectivity index (χ3n) is 3.01. The molecule has 4 heteroatoms. The second-order valence-electron chi connectivity index (χ2n) is 4.58. The van der Waals surface area contributed by atoms with Gasteiger partial charge in [-0.25, -0.2) is 0 Å². The van der Waals surface area contributed by atoms with Gasteiger partial charge in [0.05, 0.1) is 19.3 Å². The monoisotopic (exact) mass is 216 g/mol. The number of ether oxygens (including phenoxy) is 1. The second-order valence-corrected chi connectivity index (χ2v) is 4.58. The van der Waals surface area contributed by atoms with Gasteiger partial charge in [-0.15, -0.1) is 0 Å². The largest absolute Gasteiger partial charge is 0.395 e. The first-order chi connectivity index (χ1) is 7.17. The van der Waals surface area contributed by atoms with Crippen molar-refractivity contribution in [3.8, 4) is 0 Å². The predicted molar refractivity (Wildman–Crippen MR) is 61.0 cm³/mol. The van der Waals surface area contributed by atoms with Gasteiger partial charge in [0.1, 0.15) is 0 Å². The van der Waals surface area contributed by atoms with Crippen LogP contribution in [0.5, 0.6) is 0 Å². The quantitative estimate of drug-likeness (QED) is 0.659. The van der Waals surface area contributed by atoms with Crippen molar-refractivity contribution in [1.29, 1.82) is 0 Å². The van der Waals surface area contributed by atoms with Gasteiger partial charge in [0.25, 0.3) is 0 Å². The van der Waals surface area contributed by atoms with Gasteiger partial charge in [-0.3, -0.25) is 4.90 Å². The van der Waals surface area contributed by atoms with E-state index in [1.807, 2.05) is 0 Å². The van der Waals surface area contributed by atoms with Gasteiger partial charge in [0.2, 0.25) is 0 Å². The van der Waals surface area contributed by atoms with E-state index in [4.69, 9.17) is 9.84 Å². The topological polar surface area (TPSA) is 44.7 Å². The molecule has 1 fully saturated rings. The summed E-state index contributed by atoms with van der Waals surface area (Å²) in [7, 11) is 1.67. The van der Waals surface area contributed by atoms with Crippen molar-refractivity contribution in [3.05, 3.63) is 0 Å². The van der Waals surface area contributed by atoms with Gasteiger partial charge in [-0.1, -0.05) is 0 Å². The van der Waals surface area contributed by atoms with Gasteiger partial charge >= 0.3 is 0 Å². The highest BCUT2D eigenvalue weighted by molar-refractivity contribution is 4.85. The van der Waals surface area contributed by atoms with Crippen LogP contribution in [0.2, 0.25) is 0 Å². The van der Waals surface area contributed by atoms with E-state index in [2.05, 4.69) is 24.1 Å². The number of nitrogens with one attached hydrogen (secondary N) is 1. The van der Waals surface area contributed by atoms with Crippen molar-refractivity contribution in [3.63, 3.8) is 0 Å². The molecule has 0 aromatic heterocycles. The van der Waals surface area contributed by atoms with E-state index in [9.17, 15) is 0 Å². The maximum atomic E-state index is 9.14. The van der Waals surface area contributed by atoms with Crippen molar-refractivity contribution < 1.29 is 9.84 Å². The number of aliphatic hydroxyl groups excluding tert-OH is 1. The average Bonchev–Trinajstić information content (AvgIpc) is 2.65. The van der Waals surface area contributed by atoms with Crippen LogP contribution >= 0.6 is 0 Å². The molecule has 0 aliphatic carbocycles. The van der Waals surface area contributed by atoms with E-state index in [-0.39, 0.29) is 12.6 Å². The molecule has 4 nitrogen and oxygen atoms in total. The zero-order chi connectivity index (χ0) is 11.3. The molecule has 2 unspecified atom stereocenters. The third kappa shape index (κ3) is 4.07. The number of aliphatic hydroxyl groups is 1. The van der Waals surface area contributed by atoms with Crippen LogP contribution in [0.25, 0.3) is 0 Å². The summed E-state index contributed by atoms with van der Waals surface area (Å²) in [4.78, 5) is 2.46. The summed E-state index contributed by atoms with van der Waals surface area (Å²) in [6.45, 7) is 7.40. The van der Waals surface area contributed by atoms with Crippen molar-refractivity contribution in [2.45, 2.75) is 38.4 Å². The average molecular weight is 216 g/mol. The minimum absolute atomic E-state index is 0.0760. The summed E-state index contributed by atoms with van der Waals surface area (Å²) >= 11 is 0. The van der Waals surface area contributed by atoms with Crippen LogP contribution in [0.3, 0.4) is 0 Å². The zero-order valence-electron chi connectivity index (χ0n) is 10.1. The Morgan fingerprint density at radius 2 is 2.27 bits per heavy atom. The first-order valence-electron chi connectivity index (χ1n) is 5.77. The molecule has 1 heterocycles. The summed E-state index contributed by atoms with van der Waals surface area (Å²) in [5.74, 6) is 0. The number of rotatable bonds is 6. The van der Waals surface area contributed by atoms with Crippen molar-refractivity contribution in [1.82, 2.24) is 10.2 Å². The molecule has 0 aromatic carbocycles. The smallest absolute Gasteiger partial charge is 0.0638 e. The van der Waals surface area contributed by atoms with Crippen LogP contribution in [0.15, 0.2) is 0 Å². The van der Waals surface area contributed by atoms with Crippen LogP contribution in [0, 0.1) is 0 Å². The molecule has 2 N–H and O–H groups in total. The number of methoxy groups -OCH3 is 1. The minimum Gasteiger partial charge on any atom is -0.395 e. The molecule has 90 valence electrons. The summed E-state index contributed by atoms with van der Waals surface area (Å²) in [6.07, 6.45) is 1.17.